The van der Waals surface area contributed by atoms with Crippen molar-refractivity contribution in [2.24, 2.45) is 0 Å². The van der Waals surface area contributed by atoms with Gasteiger partial charge in [-0.05, 0) is 25.5 Å². The minimum absolute atomic E-state index is 0.123. The summed E-state index contributed by atoms with van der Waals surface area (Å²) in [5.41, 5.74) is -0.237. The maximum atomic E-state index is 12.7. The molecule has 1 fully saturated rings. The van der Waals surface area contributed by atoms with Crippen LogP contribution in [-0.4, -0.2) is 36.9 Å². The molecule has 1 aliphatic heterocycles. The summed E-state index contributed by atoms with van der Waals surface area (Å²) in [7, 11) is 3.02. The summed E-state index contributed by atoms with van der Waals surface area (Å²) in [6.07, 6.45) is 1.76. The molecule has 1 atom stereocenters. The molecule has 0 bridgehead atoms. The molecular formula is C15H19N3O4. The molecule has 1 saturated heterocycles. The van der Waals surface area contributed by atoms with Crippen molar-refractivity contribution in [1.29, 1.82) is 0 Å². The van der Waals surface area contributed by atoms with Crippen molar-refractivity contribution in [2.45, 2.75) is 18.9 Å². The highest BCUT2D eigenvalue weighted by Gasteiger charge is 2.20. The minimum Gasteiger partial charge on any atom is -0.493 e. The van der Waals surface area contributed by atoms with Gasteiger partial charge in [0.05, 0.1) is 31.2 Å². The van der Waals surface area contributed by atoms with Crippen molar-refractivity contribution < 1.29 is 9.47 Å². The maximum Gasteiger partial charge on any atom is 0.329 e. The highest BCUT2D eigenvalue weighted by Crippen LogP contribution is 2.29. The Labute approximate surface area is 126 Å². The van der Waals surface area contributed by atoms with Crippen molar-refractivity contribution in [3.8, 4) is 11.5 Å². The fraction of sp³-hybridized carbons (Fsp3) is 0.467. The molecule has 2 N–H and O–H groups in total. The molecule has 7 heteroatoms. The summed E-state index contributed by atoms with van der Waals surface area (Å²) in [5, 5.41) is 3.64. The van der Waals surface area contributed by atoms with Crippen LogP contribution in [0.25, 0.3) is 10.9 Å². The van der Waals surface area contributed by atoms with Gasteiger partial charge < -0.3 is 19.8 Å². The third-order valence-corrected chi connectivity index (χ3v) is 4.07. The molecule has 118 valence electrons. The minimum atomic E-state index is -0.390. The average Bonchev–Trinajstić information content (AvgIpc) is 2.54. The molecule has 0 aliphatic carbocycles. The molecule has 2 heterocycles. The molecule has 1 unspecified atom stereocenters. The van der Waals surface area contributed by atoms with Gasteiger partial charge in [0, 0.05) is 12.6 Å². The Bertz CT molecular complexity index is 803. The van der Waals surface area contributed by atoms with Crippen LogP contribution < -0.4 is 26.0 Å². The number of fused-ring (bicyclic) bond motifs is 1. The van der Waals surface area contributed by atoms with E-state index < -0.39 is 5.69 Å². The predicted molar refractivity (Wildman–Crippen MR) is 83.1 cm³/mol. The zero-order chi connectivity index (χ0) is 15.7. The summed E-state index contributed by atoms with van der Waals surface area (Å²) >= 11 is 0. The second-order valence-corrected chi connectivity index (χ2v) is 5.36. The van der Waals surface area contributed by atoms with Gasteiger partial charge in [-0.15, -0.1) is 0 Å². The van der Waals surface area contributed by atoms with Crippen molar-refractivity contribution in [1.82, 2.24) is 14.9 Å². The Balaban J connectivity index is 2.23. The fourth-order valence-corrected chi connectivity index (χ4v) is 2.94. The summed E-state index contributed by atoms with van der Waals surface area (Å²) in [6, 6.07) is 3.10. The smallest absolute Gasteiger partial charge is 0.329 e. The van der Waals surface area contributed by atoms with E-state index in [4.69, 9.17) is 9.47 Å². The topological polar surface area (TPSA) is 85.4 Å². The first-order valence-corrected chi connectivity index (χ1v) is 7.27. The Morgan fingerprint density at radius 3 is 2.55 bits per heavy atom. The molecule has 0 saturated carbocycles. The van der Waals surface area contributed by atoms with Crippen LogP contribution in [0.5, 0.6) is 11.5 Å². The van der Waals surface area contributed by atoms with Crippen LogP contribution in [0.15, 0.2) is 21.7 Å². The Hall–Kier alpha value is -2.28. The maximum absolute atomic E-state index is 12.7. The van der Waals surface area contributed by atoms with Gasteiger partial charge in [0.15, 0.2) is 11.5 Å². The quantitative estimate of drug-likeness (QED) is 0.869. The van der Waals surface area contributed by atoms with Crippen LogP contribution in [0.4, 0.5) is 0 Å². The molecular weight excluding hydrogens is 286 g/mol. The Kier molecular flexibility index (Phi) is 3.89. The highest BCUT2D eigenvalue weighted by molar-refractivity contribution is 5.81. The lowest BCUT2D eigenvalue weighted by Crippen LogP contribution is -2.43. The van der Waals surface area contributed by atoms with E-state index in [0.717, 1.165) is 19.4 Å². The molecule has 0 amide bonds. The van der Waals surface area contributed by atoms with Gasteiger partial charge in [-0.2, -0.15) is 0 Å². The zero-order valence-corrected chi connectivity index (χ0v) is 12.6. The Morgan fingerprint density at radius 1 is 1.18 bits per heavy atom. The van der Waals surface area contributed by atoms with Crippen LogP contribution in [0.2, 0.25) is 0 Å². The first kappa shape index (κ1) is 14.6. The number of hydrogen-bond donors (Lipinski definition) is 2. The van der Waals surface area contributed by atoms with Gasteiger partial charge >= 0.3 is 5.69 Å². The van der Waals surface area contributed by atoms with E-state index in [1.165, 1.54) is 18.8 Å². The van der Waals surface area contributed by atoms with Crippen LogP contribution in [0.3, 0.4) is 0 Å². The second kappa shape index (κ2) is 5.84. The number of rotatable bonds is 3. The number of aromatic nitrogens is 2. The number of benzene rings is 1. The zero-order valence-electron chi connectivity index (χ0n) is 12.6. The van der Waals surface area contributed by atoms with E-state index in [1.54, 1.807) is 12.1 Å². The van der Waals surface area contributed by atoms with E-state index in [9.17, 15) is 9.59 Å². The van der Waals surface area contributed by atoms with E-state index in [-0.39, 0.29) is 11.6 Å². The normalized spacial score (nSPS) is 18.4. The molecule has 3 rings (SSSR count). The van der Waals surface area contributed by atoms with Gasteiger partial charge in [-0.25, -0.2) is 4.79 Å². The van der Waals surface area contributed by atoms with E-state index in [2.05, 4.69) is 10.3 Å². The summed E-state index contributed by atoms with van der Waals surface area (Å²) < 4.78 is 11.7. The lowest BCUT2D eigenvalue weighted by Gasteiger charge is -2.24. The number of H-pyrrole nitrogens is 1. The second-order valence-electron chi connectivity index (χ2n) is 5.36. The van der Waals surface area contributed by atoms with Crippen LogP contribution >= 0.6 is 0 Å². The lowest BCUT2D eigenvalue weighted by molar-refractivity contribution is 0.352. The lowest BCUT2D eigenvalue weighted by atomic mass is 10.1. The third kappa shape index (κ3) is 2.37. The molecule has 0 spiro atoms. The number of methoxy groups -OCH3 is 2. The number of nitrogens with one attached hydrogen (secondary N) is 2. The third-order valence-electron chi connectivity index (χ3n) is 4.07. The van der Waals surface area contributed by atoms with Crippen LogP contribution in [0.1, 0.15) is 18.9 Å². The first-order chi connectivity index (χ1) is 10.7. The van der Waals surface area contributed by atoms with E-state index in [1.807, 2.05) is 0 Å². The number of ether oxygens (including phenoxy) is 2. The average molecular weight is 305 g/mol. The molecule has 1 aliphatic rings. The number of nitrogens with zero attached hydrogens (tertiary/aromatic N) is 1. The summed E-state index contributed by atoms with van der Waals surface area (Å²) in [6.45, 7) is 1.55. The predicted octanol–water partition coefficient (Wildman–Crippen LogP) is 0.631. The van der Waals surface area contributed by atoms with Crippen LogP contribution in [0, 0.1) is 0 Å². The van der Waals surface area contributed by atoms with Gasteiger partial charge in [0.2, 0.25) is 0 Å². The molecule has 7 nitrogen and oxygen atoms in total. The molecule has 22 heavy (non-hydrogen) atoms. The van der Waals surface area contributed by atoms with Gasteiger partial charge in [-0.1, -0.05) is 0 Å². The fourth-order valence-electron chi connectivity index (χ4n) is 2.94. The molecule has 0 radical (unpaired) electrons. The SMILES string of the molecule is COc1cc2[nH]c(=O)n(C3CCCNC3)c(=O)c2cc1OC. The molecule has 2 aromatic rings. The van der Waals surface area contributed by atoms with Crippen LogP contribution in [-0.2, 0) is 0 Å². The number of hydrogen-bond acceptors (Lipinski definition) is 5. The van der Waals surface area contributed by atoms with Gasteiger partial charge in [0.25, 0.3) is 5.56 Å². The number of aromatic amines is 1. The monoisotopic (exact) mass is 305 g/mol. The summed E-state index contributed by atoms with van der Waals surface area (Å²) in [4.78, 5) is 27.8. The largest absolute Gasteiger partial charge is 0.493 e. The van der Waals surface area contributed by atoms with E-state index >= 15 is 0 Å². The van der Waals surface area contributed by atoms with Gasteiger partial charge in [0.1, 0.15) is 0 Å². The van der Waals surface area contributed by atoms with Crippen molar-refractivity contribution in [3.05, 3.63) is 33.0 Å². The molecule has 1 aromatic heterocycles. The van der Waals surface area contributed by atoms with Crippen molar-refractivity contribution in [2.75, 3.05) is 27.3 Å². The molecule has 1 aromatic carbocycles. The summed E-state index contributed by atoms with van der Waals surface area (Å²) in [5.74, 6) is 0.939. The first-order valence-electron chi connectivity index (χ1n) is 7.27. The standard InChI is InChI=1S/C15H19N3O4/c1-21-12-6-10-11(7-13(12)22-2)17-15(20)18(14(10)19)9-4-3-5-16-8-9/h6-7,9,16H,3-5,8H2,1-2H3,(H,17,20). The van der Waals surface area contributed by atoms with Gasteiger partial charge in [-0.3, -0.25) is 9.36 Å². The van der Waals surface area contributed by atoms with Crippen molar-refractivity contribution >= 4 is 10.9 Å². The van der Waals surface area contributed by atoms with Crippen molar-refractivity contribution in [3.63, 3.8) is 0 Å². The Morgan fingerprint density at radius 2 is 1.91 bits per heavy atom. The van der Waals surface area contributed by atoms with E-state index in [0.29, 0.717) is 28.9 Å². The number of piperidine rings is 1. The highest BCUT2D eigenvalue weighted by atomic mass is 16.5.